The van der Waals surface area contributed by atoms with Gasteiger partial charge in [-0.1, -0.05) is 25.0 Å². The molecule has 7 heterocycles. The van der Waals surface area contributed by atoms with Crippen LogP contribution >= 0.6 is 11.3 Å². The highest BCUT2D eigenvalue weighted by Gasteiger charge is 2.51. The molecule has 2 bridgehead atoms. The third-order valence-electron chi connectivity index (χ3n) is 11.8. The number of nitrogen functional groups attached to an aromatic ring is 1. The second-order valence-corrected chi connectivity index (χ2v) is 15.6. The Balaban J connectivity index is 1.16. The van der Waals surface area contributed by atoms with Gasteiger partial charge in [0.05, 0.1) is 22.8 Å². The number of ether oxygens (including phenoxy) is 1. The maximum atomic E-state index is 17.0. The maximum absolute atomic E-state index is 17.0. The number of fused-ring (bicyclic) bond motifs is 5. The van der Waals surface area contributed by atoms with Crippen molar-refractivity contribution < 1.29 is 13.5 Å². The largest absolute Gasteiger partial charge is 0.461 e. The van der Waals surface area contributed by atoms with E-state index in [1.165, 1.54) is 37.0 Å². The fourth-order valence-corrected chi connectivity index (χ4v) is 10.6. The molecule has 1 aromatic carbocycles. The Morgan fingerprint density at radius 3 is 2.90 bits per heavy atom. The first-order chi connectivity index (χ1) is 23.4. The average Bonchev–Trinajstić information content (AvgIpc) is 3.92. The van der Waals surface area contributed by atoms with Crippen molar-refractivity contribution in [1.82, 2.24) is 25.2 Å². The van der Waals surface area contributed by atoms with Crippen LogP contribution in [0.15, 0.2) is 36.3 Å². The van der Waals surface area contributed by atoms with Gasteiger partial charge in [0, 0.05) is 53.1 Å². The summed E-state index contributed by atoms with van der Waals surface area (Å²) in [5.41, 5.74) is 7.72. The molecular formula is C36H38F2N8OS. The molecule has 3 aromatic heterocycles. The number of rotatable bonds is 6. The van der Waals surface area contributed by atoms with Crippen LogP contribution in [0.4, 0.5) is 19.6 Å². The van der Waals surface area contributed by atoms with E-state index >= 15 is 4.39 Å². The van der Waals surface area contributed by atoms with Crippen LogP contribution in [0.5, 0.6) is 6.01 Å². The number of halogens is 2. The van der Waals surface area contributed by atoms with E-state index in [0.717, 1.165) is 61.9 Å². The lowest BCUT2D eigenvalue weighted by atomic mass is 9.80. The van der Waals surface area contributed by atoms with Crippen molar-refractivity contribution in [3.63, 3.8) is 0 Å². The molecule has 9 rings (SSSR count). The minimum Gasteiger partial charge on any atom is -0.461 e. The summed E-state index contributed by atoms with van der Waals surface area (Å²) >= 11 is 1.30. The van der Waals surface area contributed by atoms with Gasteiger partial charge in [-0.3, -0.25) is 9.88 Å². The monoisotopic (exact) mass is 668 g/mol. The van der Waals surface area contributed by atoms with Gasteiger partial charge in [-0.05, 0) is 69.0 Å². The van der Waals surface area contributed by atoms with E-state index < -0.39 is 5.82 Å². The lowest BCUT2D eigenvalue weighted by molar-refractivity contribution is 0.108. The zero-order valence-corrected chi connectivity index (χ0v) is 27.6. The number of aromatic nitrogens is 3. The van der Waals surface area contributed by atoms with E-state index in [0.29, 0.717) is 64.3 Å². The third kappa shape index (κ3) is 4.61. The quantitative estimate of drug-likeness (QED) is 0.239. The number of nitrogens with zero attached hydrogens (tertiary/aromatic N) is 6. The summed E-state index contributed by atoms with van der Waals surface area (Å²) in [5, 5.41) is 15.4. The zero-order chi connectivity index (χ0) is 32.6. The second kappa shape index (κ2) is 11.3. The van der Waals surface area contributed by atoms with Crippen LogP contribution in [0.2, 0.25) is 0 Å². The molecule has 5 fully saturated rings. The highest BCUT2D eigenvalue weighted by atomic mass is 32.1. The molecule has 9 nitrogen and oxygen atoms in total. The number of piperazine rings is 1. The second-order valence-electron chi connectivity index (χ2n) is 14.5. The molecule has 1 saturated carbocycles. The first kappa shape index (κ1) is 30.2. The number of benzene rings is 1. The van der Waals surface area contributed by atoms with Crippen molar-refractivity contribution in [2.75, 3.05) is 43.4 Å². The molecule has 0 radical (unpaired) electrons. The van der Waals surface area contributed by atoms with E-state index in [1.807, 2.05) is 12.1 Å². The number of pyridine rings is 1. The fourth-order valence-electron chi connectivity index (χ4n) is 9.65. The van der Waals surface area contributed by atoms with Gasteiger partial charge >= 0.3 is 6.01 Å². The number of thiophene rings is 1. The van der Waals surface area contributed by atoms with Crippen molar-refractivity contribution >= 4 is 43.1 Å². The van der Waals surface area contributed by atoms with Gasteiger partial charge in [-0.25, -0.2) is 8.78 Å². The Labute approximate surface area is 281 Å². The number of hydrogen-bond donors (Lipinski definition) is 2. The number of nitrogens with two attached hydrogens (primary N) is 1. The van der Waals surface area contributed by atoms with E-state index in [-0.39, 0.29) is 28.3 Å². The molecule has 248 valence electrons. The van der Waals surface area contributed by atoms with Crippen LogP contribution in [0.1, 0.15) is 63.4 Å². The smallest absolute Gasteiger partial charge is 0.319 e. The Bertz CT molecular complexity index is 2020. The number of anilines is 2. The third-order valence-corrected chi connectivity index (χ3v) is 12.8. The van der Waals surface area contributed by atoms with Crippen molar-refractivity contribution in [2.24, 2.45) is 5.92 Å². The van der Waals surface area contributed by atoms with E-state index in [4.69, 9.17) is 20.4 Å². The summed E-state index contributed by atoms with van der Waals surface area (Å²) in [6.45, 7) is 3.32. The normalized spacial score (nSPS) is 28.2. The van der Waals surface area contributed by atoms with Crippen LogP contribution < -0.4 is 20.7 Å². The molecule has 4 aromatic rings. The topological polar surface area (TPSA) is 116 Å². The Hall–Kier alpha value is -3.92. The highest BCUT2D eigenvalue weighted by molar-refractivity contribution is 7.23. The van der Waals surface area contributed by atoms with Crippen molar-refractivity contribution in [1.29, 1.82) is 5.26 Å². The summed E-state index contributed by atoms with van der Waals surface area (Å²) < 4.78 is 37.8. The van der Waals surface area contributed by atoms with Gasteiger partial charge in [0.1, 0.15) is 34.7 Å². The average molecular weight is 669 g/mol. The van der Waals surface area contributed by atoms with Crippen LogP contribution in [-0.4, -0.2) is 69.8 Å². The molecule has 0 amide bonds. The molecule has 1 aliphatic carbocycles. The molecular weight excluding hydrogens is 631 g/mol. The summed E-state index contributed by atoms with van der Waals surface area (Å²) in [6, 6.07) is 8.12. The number of nitrogens with one attached hydrogen (secondary N) is 1. The van der Waals surface area contributed by atoms with Gasteiger partial charge in [0.25, 0.3) is 0 Å². The molecule has 0 unspecified atom stereocenters. The predicted molar refractivity (Wildman–Crippen MR) is 183 cm³/mol. The zero-order valence-electron chi connectivity index (χ0n) is 26.8. The van der Waals surface area contributed by atoms with Crippen LogP contribution in [-0.2, 0) is 0 Å². The minimum absolute atomic E-state index is 0.00804. The summed E-state index contributed by atoms with van der Waals surface area (Å²) in [6.07, 6.45) is 12.1. The number of nitriles is 1. The van der Waals surface area contributed by atoms with Crippen molar-refractivity contribution in [3.8, 4) is 23.3 Å². The summed E-state index contributed by atoms with van der Waals surface area (Å²) in [4.78, 5) is 19.0. The van der Waals surface area contributed by atoms with Gasteiger partial charge in [-0.2, -0.15) is 15.2 Å². The van der Waals surface area contributed by atoms with Gasteiger partial charge in [0.15, 0.2) is 5.82 Å². The molecule has 0 spiro atoms. The molecule has 3 atom stereocenters. The van der Waals surface area contributed by atoms with Crippen LogP contribution in [0, 0.1) is 23.1 Å². The van der Waals surface area contributed by atoms with Crippen LogP contribution in [0.3, 0.4) is 0 Å². The van der Waals surface area contributed by atoms with E-state index in [9.17, 15) is 9.65 Å². The number of hydrogen-bond acceptors (Lipinski definition) is 10. The summed E-state index contributed by atoms with van der Waals surface area (Å²) in [7, 11) is 0. The standard InChI is InChI=1S/C36H38F2N8OS/c37-14-21-13-35(10-4-12-46(35)17-21)20-47-34-42-31-26(33(43-34)45-18-23-9-11-36(19-45,44-23)22-5-1-2-6-22)16-41-30(29(31)38)24-7-3-8-27-28(24)25(15-39)32(40)48-27/h3,7-8,14,16,22-23,44H,1-2,4-6,9-13,17-20,40H2/b21-14-/t23-,35-,36+/m0/s1. The molecule has 4 aliphatic heterocycles. The molecule has 5 aliphatic rings. The Morgan fingerprint density at radius 1 is 1.19 bits per heavy atom. The highest BCUT2D eigenvalue weighted by Crippen LogP contribution is 2.46. The van der Waals surface area contributed by atoms with Gasteiger partial charge in [0.2, 0.25) is 0 Å². The van der Waals surface area contributed by atoms with E-state index in [1.54, 1.807) is 12.3 Å². The van der Waals surface area contributed by atoms with Crippen LogP contribution in [0.25, 0.3) is 32.2 Å². The Kier molecular flexibility index (Phi) is 7.11. The first-order valence-corrected chi connectivity index (χ1v) is 18.0. The van der Waals surface area contributed by atoms with E-state index in [2.05, 4.69) is 26.2 Å². The van der Waals surface area contributed by atoms with Crippen molar-refractivity contribution in [3.05, 3.63) is 47.7 Å². The predicted octanol–water partition coefficient (Wildman–Crippen LogP) is 6.47. The molecule has 48 heavy (non-hydrogen) atoms. The molecule has 4 saturated heterocycles. The minimum atomic E-state index is -0.588. The molecule has 3 N–H and O–H groups in total. The van der Waals surface area contributed by atoms with Gasteiger partial charge < -0.3 is 20.7 Å². The lowest BCUT2D eigenvalue weighted by Gasteiger charge is -2.45. The maximum Gasteiger partial charge on any atom is 0.319 e. The molecule has 12 heteroatoms. The first-order valence-electron chi connectivity index (χ1n) is 17.2. The Morgan fingerprint density at radius 2 is 2.06 bits per heavy atom. The summed E-state index contributed by atoms with van der Waals surface area (Å²) in [5.74, 6) is 0.655. The SMILES string of the molecule is N#Cc1c(N)sc2cccc(-c3ncc4c(N5C[C@@H]6CC[C@](C7CCCC7)(C5)N6)nc(OC[C@@]56CCCN5C/C(=C\F)C6)nc4c3F)c12. The van der Waals surface area contributed by atoms with Crippen molar-refractivity contribution in [2.45, 2.75) is 74.9 Å². The lowest BCUT2D eigenvalue weighted by Crippen LogP contribution is -2.62. The fraction of sp³-hybridized carbons (Fsp3) is 0.500. The van der Waals surface area contributed by atoms with Gasteiger partial charge in [-0.15, -0.1) is 11.3 Å².